The molecule has 1 fully saturated rings. The van der Waals surface area contributed by atoms with Gasteiger partial charge in [-0.25, -0.2) is 0 Å². The maximum Gasteiger partial charge on any atom is 0.0558 e. The maximum absolute atomic E-state index is 9.16. The van der Waals surface area contributed by atoms with Crippen molar-refractivity contribution in [2.24, 2.45) is 0 Å². The van der Waals surface area contributed by atoms with Gasteiger partial charge < -0.3 is 20.0 Å². The third-order valence-electron chi connectivity index (χ3n) is 4.02. The monoisotopic (exact) mass is 288 g/mol. The van der Waals surface area contributed by atoms with Gasteiger partial charge in [0.2, 0.25) is 0 Å². The average Bonchev–Trinajstić information content (AvgIpc) is 2.43. The molecule has 0 unspecified atom stereocenters. The maximum atomic E-state index is 9.16. The molecule has 0 aromatic heterocycles. The molecule has 0 aromatic carbocycles. The Bertz CT molecular complexity index is 219. The predicted molar refractivity (Wildman–Crippen MR) is 82.0 cm³/mol. The van der Waals surface area contributed by atoms with Crippen molar-refractivity contribution < 1.29 is 10.2 Å². The molecule has 1 aliphatic rings. The van der Waals surface area contributed by atoms with Crippen molar-refractivity contribution in [2.45, 2.75) is 0 Å². The van der Waals surface area contributed by atoms with Crippen LogP contribution in [-0.2, 0) is 0 Å². The predicted octanol–water partition coefficient (Wildman–Crippen LogP) is -1.55. The highest BCUT2D eigenvalue weighted by Gasteiger charge is 2.12. The molecule has 6 nitrogen and oxygen atoms in total. The van der Waals surface area contributed by atoms with Crippen LogP contribution in [0.2, 0.25) is 0 Å². The standard InChI is InChI=1S/C14H32N4O2/c1-15-3-4-16(2)6-8-18(12-14-20)10-9-17(7-5-15)11-13-19/h19-20H,3-14H2,1-2H3. The van der Waals surface area contributed by atoms with Gasteiger partial charge in [-0.2, -0.15) is 0 Å². The lowest BCUT2D eigenvalue weighted by molar-refractivity contribution is 0.124. The minimum atomic E-state index is 0.215. The number of nitrogens with zero attached hydrogens (tertiary/aromatic N) is 4. The van der Waals surface area contributed by atoms with Gasteiger partial charge in [0.1, 0.15) is 0 Å². The molecule has 120 valence electrons. The number of hydrogen-bond acceptors (Lipinski definition) is 6. The summed E-state index contributed by atoms with van der Waals surface area (Å²) in [4.78, 5) is 9.33. The molecule has 0 atom stereocenters. The van der Waals surface area contributed by atoms with E-state index in [1.54, 1.807) is 0 Å². The van der Waals surface area contributed by atoms with E-state index in [1.807, 2.05) is 0 Å². The van der Waals surface area contributed by atoms with Gasteiger partial charge in [0, 0.05) is 65.4 Å². The summed E-state index contributed by atoms with van der Waals surface area (Å²) in [6, 6.07) is 0. The molecule has 20 heavy (non-hydrogen) atoms. The minimum Gasteiger partial charge on any atom is -0.395 e. The largest absolute Gasteiger partial charge is 0.395 e. The van der Waals surface area contributed by atoms with Gasteiger partial charge in [-0.15, -0.1) is 0 Å². The van der Waals surface area contributed by atoms with Crippen LogP contribution in [-0.4, -0.2) is 123 Å². The Hall–Kier alpha value is -0.240. The highest BCUT2D eigenvalue weighted by molar-refractivity contribution is 4.69. The third-order valence-corrected chi connectivity index (χ3v) is 4.02. The van der Waals surface area contributed by atoms with E-state index in [-0.39, 0.29) is 13.2 Å². The van der Waals surface area contributed by atoms with Crippen molar-refractivity contribution >= 4 is 0 Å². The van der Waals surface area contributed by atoms with Crippen molar-refractivity contribution in [2.75, 3.05) is 92.8 Å². The first-order chi connectivity index (χ1) is 9.65. The van der Waals surface area contributed by atoms with Crippen molar-refractivity contribution in [1.29, 1.82) is 0 Å². The Balaban J connectivity index is 2.53. The second-order valence-corrected chi connectivity index (χ2v) is 5.74. The number of likely N-dealkylation sites (N-methyl/N-ethyl adjacent to an activating group) is 2. The van der Waals surface area contributed by atoms with E-state index in [1.165, 1.54) is 0 Å². The van der Waals surface area contributed by atoms with Gasteiger partial charge in [-0.1, -0.05) is 0 Å². The molecule has 0 aliphatic carbocycles. The summed E-state index contributed by atoms with van der Waals surface area (Å²) in [6.45, 7) is 10.0. The topological polar surface area (TPSA) is 53.4 Å². The first-order valence-electron chi connectivity index (χ1n) is 7.69. The molecule has 2 N–H and O–H groups in total. The summed E-state index contributed by atoms with van der Waals surface area (Å²) in [6.07, 6.45) is 0. The van der Waals surface area contributed by atoms with Gasteiger partial charge >= 0.3 is 0 Å². The fourth-order valence-electron chi connectivity index (χ4n) is 2.43. The van der Waals surface area contributed by atoms with Crippen molar-refractivity contribution in [1.82, 2.24) is 19.6 Å². The Kier molecular flexibility index (Phi) is 9.33. The van der Waals surface area contributed by atoms with E-state index in [0.717, 1.165) is 65.4 Å². The SMILES string of the molecule is CN1CCN(C)CCN(CCO)CCN(CCO)CC1. The zero-order chi connectivity index (χ0) is 14.8. The Morgan fingerprint density at radius 3 is 1.25 bits per heavy atom. The van der Waals surface area contributed by atoms with E-state index in [4.69, 9.17) is 10.2 Å². The van der Waals surface area contributed by atoms with E-state index in [9.17, 15) is 0 Å². The Morgan fingerprint density at radius 2 is 0.900 bits per heavy atom. The quantitative estimate of drug-likeness (QED) is 0.653. The number of aliphatic hydroxyl groups is 2. The van der Waals surface area contributed by atoms with Gasteiger partial charge in [0.25, 0.3) is 0 Å². The normalized spacial score (nSPS) is 23.4. The summed E-state index contributed by atoms with van der Waals surface area (Å²) >= 11 is 0. The molecule has 0 bridgehead atoms. The molecule has 0 saturated carbocycles. The molecule has 0 radical (unpaired) electrons. The number of β-amino-alcohol motifs (C(OH)–C–C–N with tert-alkyl or cyclic N) is 2. The van der Waals surface area contributed by atoms with E-state index < -0.39 is 0 Å². The Morgan fingerprint density at radius 1 is 0.600 bits per heavy atom. The highest BCUT2D eigenvalue weighted by Crippen LogP contribution is 1.97. The van der Waals surface area contributed by atoms with E-state index >= 15 is 0 Å². The molecule has 0 amide bonds. The number of hydrogen-bond donors (Lipinski definition) is 2. The lowest BCUT2D eigenvalue weighted by Crippen LogP contribution is -2.45. The minimum absolute atomic E-state index is 0.215. The summed E-state index contributed by atoms with van der Waals surface area (Å²) in [5.41, 5.74) is 0. The molecule has 1 aliphatic heterocycles. The van der Waals surface area contributed by atoms with Gasteiger partial charge in [-0.3, -0.25) is 9.80 Å². The van der Waals surface area contributed by atoms with Crippen LogP contribution in [0.1, 0.15) is 0 Å². The van der Waals surface area contributed by atoms with Gasteiger partial charge in [-0.05, 0) is 14.1 Å². The summed E-state index contributed by atoms with van der Waals surface area (Å²) in [5, 5.41) is 18.3. The average molecular weight is 288 g/mol. The van der Waals surface area contributed by atoms with Crippen molar-refractivity contribution in [3.63, 3.8) is 0 Å². The van der Waals surface area contributed by atoms with Crippen molar-refractivity contribution in [3.8, 4) is 0 Å². The van der Waals surface area contributed by atoms with Crippen LogP contribution in [0.5, 0.6) is 0 Å². The molecule has 1 heterocycles. The van der Waals surface area contributed by atoms with Crippen LogP contribution in [0, 0.1) is 0 Å². The fraction of sp³-hybridized carbons (Fsp3) is 1.00. The van der Waals surface area contributed by atoms with Crippen LogP contribution in [0.3, 0.4) is 0 Å². The molecule has 1 rings (SSSR count). The first kappa shape index (κ1) is 17.8. The third kappa shape index (κ3) is 7.52. The zero-order valence-electron chi connectivity index (χ0n) is 13.2. The van der Waals surface area contributed by atoms with Crippen LogP contribution in [0.25, 0.3) is 0 Å². The van der Waals surface area contributed by atoms with E-state index in [0.29, 0.717) is 0 Å². The molecule has 0 spiro atoms. The van der Waals surface area contributed by atoms with Crippen LogP contribution < -0.4 is 0 Å². The molecule has 1 saturated heterocycles. The van der Waals surface area contributed by atoms with Crippen molar-refractivity contribution in [3.05, 3.63) is 0 Å². The van der Waals surface area contributed by atoms with E-state index in [2.05, 4.69) is 33.7 Å². The number of rotatable bonds is 4. The summed E-state index contributed by atoms with van der Waals surface area (Å²) < 4.78 is 0. The number of aliphatic hydroxyl groups excluding tert-OH is 2. The molecular weight excluding hydrogens is 256 g/mol. The second-order valence-electron chi connectivity index (χ2n) is 5.74. The summed E-state index contributed by atoms with van der Waals surface area (Å²) in [7, 11) is 4.32. The van der Waals surface area contributed by atoms with Crippen LogP contribution in [0.15, 0.2) is 0 Å². The smallest absolute Gasteiger partial charge is 0.0558 e. The van der Waals surface area contributed by atoms with Gasteiger partial charge in [0.15, 0.2) is 0 Å². The second kappa shape index (κ2) is 10.5. The molecular formula is C14H32N4O2. The lowest BCUT2D eigenvalue weighted by atomic mass is 10.3. The van der Waals surface area contributed by atoms with Gasteiger partial charge in [0.05, 0.1) is 13.2 Å². The zero-order valence-corrected chi connectivity index (χ0v) is 13.2. The molecule has 0 aromatic rings. The van der Waals surface area contributed by atoms with Crippen LogP contribution in [0.4, 0.5) is 0 Å². The highest BCUT2D eigenvalue weighted by atomic mass is 16.3. The first-order valence-corrected chi connectivity index (χ1v) is 7.69. The molecule has 6 heteroatoms. The lowest BCUT2D eigenvalue weighted by Gasteiger charge is -2.31. The fourth-order valence-corrected chi connectivity index (χ4v) is 2.43. The summed E-state index contributed by atoms with van der Waals surface area (Å²) in [5.74, 6) is 0. The Labute approximate surface area is 123 Å². The van der Waals surface area contributed by atoms with Crippen LogP contribution >= 0.6 is 0 Å².